The van der Waals surface area contributed by atoms with Crippen molar-refractivity contribution < 1.29 is 18.3 Å². The van der Waals surface area contributed by atoms with Gasteiger partial charge in [-0.1, -0.05) is 6.92 Å². The van der Waals surface area contributed by atoms with E-state index in [-0.39, 0.29) is 12.5 Å². The number of carbonyl (C=O) groups is 1. The van der Waals surface area contributed by atoms with E-state index < -0.39 is 22.2 Å². The molecule has 0 aromatic heterocycles. The molecule has 0 aliphatic carbocycles. The summed E-state index contributed by atoms with van der Waals surface area (Å²) in [4.78, 5) is 10.5. The van der Waals surface area contributed by atoms with Crippen molar-refractivity contribution in [1.29, 1.82) is 0 Å². The van der Waals surface area contributed by atoms with Gasteiger partial charge in [0.2, 0.25) is 0 Å². The van der Waals surface area contributed by atoms with Crippen LogP contribution in [0.15, 0.2) is 0 Å². The van der Waals surface area contributed by atoms with Gasteiger partial charge in [-0.2, -0.15) is 17.9 Å². The third kappa shape index (κ3) is 5.15. The van der Waals surface area contributed by atoms with E-state index in [2.05, 4.69) is 4.72 Å². The summed E-state index contributed by atoms with van der Waals surface area (Å²) in [5.74, 6) is -1.18. The molecule has 0 rings (SSSR count). The summed E-state index contributed by atoms with van der Waals surface area (Å²) in [5, 5.41) is 8.62. The number of nitrogens with one attached hydrogen (secondary N) is 2. The molecule has 0 fully saturated rings. The molecule has 0 amide bonds. The Balaban J connectivity index is 4.41. The van der Waals surface area contributed by atoms with Gasteiger partial charge >= 0.3 is 5.97 Å². The second-order valence-corrected chi connectivity index (χ2v) is 4.67. The van der Waals surface area contributed by atoms with Crippen LogP contribution < -0.4 is 9.44 Å². The lowest BCUT2D eigenvalue weighted by molar-refractivity contribution is -0.139. The van der Waals surface area contributed by atoms with E-state index in [1.807, 2.05) is 4.72 Å². The molecule has 0 spiro atoms. The highest BCUT2D eigenvalue weighted by molar-refractivity contribution is 7.87. The second kappa shape index (κ2) is 5.28. The maximum absolute atomic E-state index is 11.2. The second-order valence-electron chi connectivity index (χ2n) is 3.19. The van der Waals surface area contributed by atoms with Crippen molar-refractivity contribution in [3.8, 4) is 0 Å². The van der Waals surface area contributed by atoms with E-state index >= 15 is 0 Å². The van der Waals surface area contributed by atoms with Gasteiger partial charge in [0.05, 0.1) is 0 Å². The van der Waals surface area contributed by atoms with Crippen molar-refractivity contribution in [3.63, 3.8) is 0 Å². The molecule has 7 heteroatoms. The zero-order valence-electron chi connectivity index (χ0n) is 8.44. The summed E-state index contributed by atoms with van der Waals surface area (Å²) in [6, 6.07) is -1.34. The first-order valence-corrected chi connectivity index (χ1v) is 5.79. The van der Waals surface area contributed by atoms with Crippen molar-refractivity contribution in [2.24, 2.45) is 0 Å². The molecule has 0 radical (unpaired) electrons. The van der Waals surface area contributed by atoms with Gasteiger partial charge in [-0.25, -0.2) is 0 Å². The largest absolute Gasteiger partial charge is 0.480 e. The minimum Gasteiger partial charge on any atom is -0.480 e. The van der Waals surface area contributed by atoms with Gasteiger partial charge in [0.1, 0.15) is 6.04 Å². The van der Waals surface area contributed by atoms with Crippen molar-refractivity contribution in [1.82, 2.24) is 9.44 Å². The van der Waals surface area contributed by atoms with Gasteiger partial charge in [0.25, 0.3) is 10.2 Å². The van der Waals surface area contributed by atoms with Gasteiger partial charge in [-0.3, -0.25) is 4.79 Å². The van der Waals surface area contributed by atoms with Gasteiger partial charge in [-0.15, -0.1) is 0 Å². The van der Waals surface area contributed by atoms with E-state index in [0.29, 0.717) is 0 Å². The minimum atomic E-state index is -3.72. The first-order valence-electron chi connectivity index (χ1n) is 4.31. The highest BCUT2D eigenvalue weighted by atomic mass is 32.2. The van der Waals surface area contributed by atoms with Crippen LogP contribution in [-0.4, -0.2) is 31.6 Å². The first kappa shape index (κ1) is 13.3. The van der Waals surface area contributed by atoms with Gasteiger partial charge in [-0.05, 0) is 20.3 Å². The molecule has 1 atom stereocenters. The number of rotatable bonds is 6. The normalized spacial score (nSPS) is 14.3. The molecule has 0 aliphatic rings. The molecule has 3 N–H and O–H groups in total. The minimum absolute atomic E-state index is 0.203. The Bertz CT molecular complexity index is 286. The Morgan fingerprint density at radius 1 is 1.36 bits per heavy atom. The molecular formula is C7H16N2O4S. The summed E-state index contributed by atoms with van der Waals surface area (Å²) in [7, 11) is -3.72. The van der Waals surface area contributed by atoms with Crippen LogP contribution in [0.25, 0.3) is 0 Å². The van der Waals surface area contributed by atoms with Gasteiger partial charge in [0, 0.05) is 6.04 Å². The topological polar surface area (TPSA) is 95.5 Å². The molecule has 6 nitrogen and oxygen atoms in total. The van der Waals surface area contributed by atoms with Crippen LogP contribution in [0.3, 0.4) is 0 Å². The Morgan fingerprint density at radius 2 is 1.86 bits per heavy atom. The molecule has 0 unspecified atom stereocenters. The standard InChI is InChI=1S/C7H16N2O4S/c1-4-6(7(10)11)9-14(12,13)8-5(2)3/h5-6,8-9H,4H2,1-3H3,(H,10,11)/t6-/m1/s1. The summed E-state index contributed by atoms with van der Waals surface area (Å²) in [5.41, 5.74) is 0. The quantitative estimate of drug-likeness (QED) is 0.576. The van der Waals surface area contributed by atoms with Crippen molar-refractivity contribution in [3.05, 3.63) is 0 Å². The number of hydrogen-bond donors (Lipinski definition) is 3. The van der Waals surface area contributed by atoms with Gasteiger partial charge in [0.15, 0.2) is 0 Å². The fourth-order valence-electron chi connectivity index (χ4n) is 0.840. The maximum atomic E-state index is 11.2. The van der Waals surface area contributed by atoms with E-state index in [0.717, 1.165) is 0 Å². The predicted octanol–water partition coefficient (Wildman–Crippen LogP) is -0.318. The lowest BCUT2D eigenvalue weighted by Crippen LogP contribution is -2.47. The van der Waals surface area contributed by atoms with Crippen molar-refractivity contribution in [2.75, 3.05) is 0 Å². The third-order valence-electron chi connectivity index (χ3n) is 1.39. The predicted molar refractivity (Wildman–Crippen MR) is 52.0 cm³/mol. The lowest BCUT2D eigenvalue weighted by atomic mass is 10.2. The SMILES string of the molecule is CC[C@@H](NS(=O)(=O)NC(C)C)C(=O)O. The van der Waals surface area contributed by atoms with Gasteiger partial charge < -0.3 is 5.11 Å². The van der Waals surface area contributed by atoms with Crippen LogP contribution in [0.2, 0.25) is 0 Å². The van der Waals surface area contributed by atoms with E-state index in [1.165, 1.54) is 0 Å². The van der Waals surface area contributed by atoms with Crippen molar-refractivity contribution >= 4 is 16.2 Å². The Kier molecular flexibility index (Phi) is 5.03. The molecule has 0 bridgehead atoms. The van der Waals surface area contributed by atoms with E-state index in [9.17, 15) is 13.2 Å². The Labute approximate surface area is 83.9 Å². The molecule has 0 aromatic carbocycles. The molecule has 0 aromatic rings. The van der Waals surface area contributed by atoms with Crippen LogP contribution >= 0.6 is 0 Å². The maximum Gasteiger partial charge on any atom is 0.321 e. The van der Waals surface area contributed by atoms with Crippen LogP contribution in [0.5, 0.6) is 0 Å². The van der Waals surface area contributed by atoms with Crippen molar-refractivity contribution in [2.45, 2.75) is 39.3 Å². The van der Waals surface area contributed by atoms with Crippen LogP contribution in [0.1, 0.15) is 27.2 Å². The average molecular weight is 224 g/mol. The Morgan fingerprint density at radius 3 is 2.14 bits per heavy atom. The third-order valence-corrected chi connectivity index (χ3v) is 2.77. The number of aliphatic carboxylic acids is 1. The molecule has 0 saturated heterocycles. The van der Waals surface area contributed by atoms with Crippen LogP contribution in [-0.2, 0) is 15.0 Å². The number of hydrogen-bond acceptors (Lipinski definition) is 3. The van der Waals surface area contributed by atoms with E-state index in [4.69, 9.17) is 5.11 Å². The molecule has 0 saturated carbocycles. The highest BCUT2D eigenvalue weighted by Crippen LogP contribution is 1.94. The summed E-state index contributed by atoms with van der Waals surface area (Å²) in [6.45, 7) is 4.90. The highest BCUT2D eigenvalue weighted by Gasteiger charge is 2.22. The molecule has 14 heavy (non-hydrogen) atoms. The monoisotopic (exact) mass is 224 g/mol. The Hall–Kier alpha value is -0.660. The summed E-state index contributed by atoms with van der Waals surface area (Å²) in [6.07, 6.45) is 0.203. The fourth-order valence-corrected chi connectivity index (χ4v) is 2.17. The number of carboxylic acids is 1. The first-order chi connectivity index (χ1) is 6.28. The summed E-state index contributed by atoms with van der Waals surface area (Å²) >= 11 is 0. The zero-order valence-corrected chi connectivity index (χ0v) is 9.26. The zero-order chi connectivity index (χ0) is 11.4. The number of carboxylic acid groups (broad SMARTS) is 1. The average Bonchev–Trinajstić information content (AvgIpc) is 1.97. The summed E-state index contributed by atoms with van der Waals surface area (Å²) < 4.78 is 26.7. The lowest BCUT2D eigenvalue weighted by Gasteiger charge is -2.14. The molecule has 0 aliphatic heterocycles. The van der Waals surface area contributed by atoms with Crippen LogP contribution in [0.4, 0.5) is 0 Å². The molecule has 84 valence electrons. The molecule has 0 heterocycles. The van der Waals surface area contributed by atoms with E-state index in [1.54, 1.807) is 20.8 Å². The molecular weight excluding hydrogens is 208 g/mol. The smallest absolute Gasteiger partial charge is 0.321 e. The van der Waals surface area contributed by atoms with Crippen LogP contribution in [0, 0.1) is 0 Å². The fraction of sp³-hybridized carbons (Fsp3) is 0.857.